The van der Waals surface area contributed by atoms with Crippen LogP contribution in [0, 0.1) is 6.92 Å². The lowest BCUT2D eigenvalue weighted by molar-refractivity contribution is 0.103. The summed E-state index contributed by atoms with van der Waals surface area (Å²) in [6, 6.07) is 14.9. The van der Waals surface area contributed by atoms with Crippen LogP contribution in [-0.2, 0) is 0 Å². The molecule has 4 nitrogen and oxygen atoms in total. The van der Waals surface area contributed by atoms with Gasteiger partial charge in [0.2, 0.25) is 0 Å². The smallest absolute Gasteiger partial charge is 0.268 e. The predicted molar refractivity (Wildman–Crippen MR) is 124 cm³/mol. The van der Waals surface area contributed by atoms with E-state index in [0.29, 0.717) is 20.4 Å². The highest BCUT2D eigenvalue weighted by molar-refractivity contribution is 7.21. The normalized spacial score (nSPS) is 11.0. The maximum Gasteiger partial charge on any atom is 0.268 e. The van der Waals surface area contributed by atoms with Crippen LogP contribution >= 0.6 is 46.1 Å². The molecule has 0 bridgehead atoms. The van der Waals surface area contributed by atoms with Gasteiger partial charge in [0.25, 0.3) is 5.91 Å². The third kappa shape index (κ3) is 3.91. The molecule has 146 valence electrons. The van der Waals surface area contributed by atoms with E-state index in [9.17, 15) is 4.79 Å². The monoisotopic (exact) mass is 461 g/mol. The molecule has 0 unspecified atom stereocenters. The fourth-order valence-corrected chi connectivity index (χ4v) is 4.78. The molecule has 0 saturated heterocycles. The molecule has 1 amide bonds. The van der Waals surface area contributed by atoms with Gasteiger partial charge in [0.1, 0.15) is 9.71 Å². The van der Waals surface area contributed by atoms with Crippen molar-refractivity contribution < 1.29 is 4.79 Å². The Morgan fingerprint density at radius 3 is 2.34 bits per heavy atom. The highest BCUT2D eigenvalue weighted by Gasteiger charge is 2.20. The van der Waals surface area contributed by atoms with Gasteiger partial charge in [-0.3, -0.25) is 4.79 Å². The second-order valence-electron chi connectivity index (χ2n) is 6.46. The lowest BCUT2D eigenvalue weighted by atomic mass is 10.1. The minimum absolute atomic E-state index is 0.246. The van der Waals surface area contributed by atoms with Gasteiger partial charge >= 0.3 is 0 Å². The van der Waals surface area contributed by atoms with Crippen molar-refractivity contribution in [2.75, 3.05) is 11.1 Å². The first-order chi connectivity index (χ1) is 13.8. The summed E-state index contributed by atoms with van der Waals surface area (Å²) in [6.45, 7) is 2.03. The summed E-state index contributed by atoms with van der Waals surface area (Å²) in [4.78, 5) is 18.5. The Morgan fingerprint density at radius 2 is 1.69 bits per heavy atom. The van der Waals surface area contributed by atoms with Crippen molar-refractivity contribution in [3.8, 4) is 11.3 Å². The van der Waals surface area contributed by atoms with E-state index in [2.05, 4.69) is 10.3 Å². The highest BCUT2D eigenvalue weighted by atomic mass is 35.5. The Balaban J connectivity index is 1.70. The number of aryl methyl sites for hydroxylation is 1. The van der Waals surface area contributed by atoms with Crippen molar-refractivity contribution in [3.05, 3.63) is 74.0 Å². The number of amides is 1. The average molecular weight is 463 g/mol. The number of hydrogen-bond donors (Lipinski definition) is 2. The molecule has 0 aliphatic carbocycles. The van der Waals surface area contributed by atoms with Crippen molar-refractivity contribution in [2.24, 2.45) is 0 Å². The van der Waals surface area contributed by atoms with E-state index in [-0.39, 0.29) is 15.7 Å². The fraction of sp³-hybridized carbons (Fsp3) is 0.0476. The van der Waals surface area contributed by atoms with E-state index in [1.165, 1.54) is 29.0 Å². The number of halogens is 3. The first-order valence-electron chi connectivity index (χ1n) is 8.55. The van der Waals surface area contributed by atoms with Gasteiger partial charge in [0.05, 0.1) is 27.1 Å². The quantitative estimate of drug-likeness (QED) is 0.342. The molecule has 0 saturated carbocycles. The molecule has 2 aromatic heterocycles. The Hall–Kier alpha value is -2.31. The minimum Gasteiger partial charge on any atom is -0.397 e. The second kappa shape index (κ2) is 7.84. The number of aromatic nitrogens is 1. The number of nitrogens with two attached hydrogens (primary N) is 1. The fourth-order valence-electron chi connectivity index (χ4n) is 2.88. The Morgan fingerprint density at radius 1 is 1.03 bits per heavy atom. The molecule has 3 N–H and O–H groups in total. The number of carbonyl (C=O) groups excluding carboxylic acids is 1. The van der Waals surface area contributed by atoms with Crippen LogP contribution < -0.4 is 11.1 Å². The number of thiophene rings is 1. The Labute approximate surface area is 186 Å². The Kier molecular flexibility index (Phi) is 5.40. The van der Waals surface area contributed by atoms with Crippen LogP contribution in [0.3, 0.4) is 0 Å². The summed E-state index contributed by atoms with van der Waals surface area (Å²) < 4.78 is 0. The van der Waals surface area contributed by atoms with Gasteiger partial charge in [0.15, 0.2) is 0 Å². The van der Waals surface area contributed by atoms with Crippen LogP contribution in [0.2, 0.25) is 15.1 Å². The molecule has 4 rings (SSSR count). The number of anilines is 2. The molecule has 0 spiro atoms. The van der Waals surface area contributed by atoms with E-state index >= 15 is 0 Å². The molecule has 2 aromatic carbocycles. The number of nitrogens with zero attached hydrogens (tertiary/aromatic N) is 1. The van der Waals surface area contributed by atoms with E-state index in [4.69, 9.17) is 40.5 Å². The van der Waals surface area contributed by atoms with Gasteiger partial charge in [-0.05, 0) is 31.2 Å². The molecule has 8 heteroatoms. The zero-order valence-electron chi connectivity index (χ0n) is 15.1. The SMILES string of the molecule is Cc1ccc(-c2ccc3c(N)c(C(=O)Nc4c(Cl)cc(Cl)cc4Cl)sc3n2)cc1. The average Bonchev–Trinajstić information content (AvgIpc) is 3.01. The predicted octanol–water partition coefficient (Wildman–Crippen LogP) is 7.07. The molecule has 0 aliphatic heterocycles. The van der Waals surface area contributed by atoms with E-state index in [1.54, 1.807) is 0 Å². The lowest BCUT2D eigenvalue weighted by Gasteiger charge is -2.09. The van der Waals surface area contributed by atoms with E-state index < -0.39 is 5.91 Å². The third-order valence-corrected chi connectivity index (χ3v) is 6.32. The summed E-state index contributed by atoms with van der Waals surface area (Å²) in [5, 5.41) is 4.32. The van der Waals surface area contributed by atoms with Crippen molar-refractivity contribution in [2.45, 2.75) is 6.92 Å². The highest BCUT2D eigenvalue weighted by Crippen LogP contribution is 2.37. The topological polar surface area (TPSA) is 68.0 Å². The van der Waals surface area contributed by atoms with Crippen LogP contribution in [0.5, 0.6) is 0 Å². The number of fused-ring (bicyclic) bond motifs is 1. The lowest BCUT2D eigenvalue weighted by Crippen LogP contribution is -2.12. The minimum atomic E-state index is -0.409. The number of hydrogen-bond acceptors (Lipinski definition) is 4. The maximum absolute atomic E-state index is 12.8. The van der Waals surface area contributed by atoms with Crippen molar-refractivity contribution in [1.29, 1.82) is 0 Å². The molecule has 0 fully saturated rings. The van der Waals surface area contributed by atoms with Gasteiger partial charge in [0, 0.05) is 16.0 Å². The van der Waals surface area contributed by atoms with Crippen molar-refractivity contribution >= 4 is 73.6 Å². The van der Waals surface area contributed by atoms with Crippen LogP contribution in [0.4, 0.5) is 11.4 Å². The van der Waals surface area contributed by atoms with Crippen LogP contribution in [0.1, 0.15) is 15.2 Å². The number of benzene rings is 2. The molecule has 0 aliphatic rings. The molecular weight excluding hydrogens is 449 g/mol. The van der Waals surface area contributed by atoms with Gasteiger partial charge in [-0.25, -0.2) is 4.98 Å². The Bertz CT molecular complexity index is 1230. The molecule has 29 heavy (non-hydrogen) atoms. The summed E-state index contributed by atoms with van der Waals surface area (Å²) in [5.74, 6) is -0.409. The molecular formula is C21H14Cl3N3OS. The van der Waals surface area contributed by atoms with Gasteiger partial charge < -0.3 is 11.1 Å². The van der Waals surface area contributed by atoms with Gasteiger partial charge in [-0.1, -0.05) is 64.6 Å². The molecule has 2 heterocycles. The van der Waals surface area contributed by atoms with Crippen LogP contribution in [0.25, 0.3) is 21.5 Å². The first-order valence-corrected chi connectivity index (χ1v) is 10.5. The number of carbonyl (C=O) groups is 1. The van der Waals surface area contributed by atoms with Crippen molar-refractivity contribution in [1.82, 2.24) is 4.98 Å². The number of rotatable bonds is 3. The summed E-state index contributed by atoms with van der Waals surface area (Å²) in [5.41, 5.74) is 9.86. The zero-order valence-corrected chi connectivity index (χ0v) is 18.2. The van der Waals surface area contributed by atoms with Crippen LogP contribution in [-0.4, -0.2) is 10.9 Å². The molecule has 0 atom stereocenters. The molecule has 0 radical (unpaired) electrons. The largest absolute Gasteiger partial charge is 0.397 e. The standard InChI is InChI=1S/C21H14Cl3N3OS/c1-10-2-4-11(5-3-10)16-7-6-13-17(25)19(29-21(13)26-16)20(28)27-18-14(23)8-12(22)9-15(18)24/h2-9H,25H2,1H3,(H,27,28). The van der Waals surface area contributed by atoms with Crippen molar-refractivity contribution in [3.63, 3.8) is 0 Å². The number of nitrogens with one attached hydrogen (secondary N) is 1. The maximum atomic E-state index is 12.8. The van der Waals surface area contributed by atoms with E-state index in [0.717, 1.165) is 16.6 Å². The second-order valence-corrected chi connectivity index (χ2v) is 8.71. The molecule has 4 aromatic rings. The number of pyridine rings is 1. The van der Waals surface area contributed by atoms with E-state index in [1.807, 2.05) is 43.3 Å². The zero-order chi connectivity index (χ0) is 20.7. The third-order valence-electron chi connectivity index (χ3n) is 4.39. The number of nitrogen functional groups attached to an aromatic ring is 1. The van der Waals surface area contributed by atoms with Gasteiger partial charge in [-0.15, -0.1) is 11.3 Å². The summed E-state index contributed by atoms with van der Waals surface area (Å²) >= 11 is 19.5. The summed E-state index contributed by atoms with van der Waals surface area (Å²) in [7, 11) is 0. The first kappa shape index (κ1) is 20.0. The van der Waals surface area contributed by atoms with Crippen LogP contribution in [0.15, 0.2) is 48.5 Å². The summed E-state index contributed by atoms with van der Waals surface area (Å²) in [6.07, 6.45) is 0. The van der Waals surface area contributed by atoms with Gasteiger partial charge in [-0.2, -0.15) is 0 Å².